The zero-order valence-electron chi connectivity index (χ0n) is 6.38. The number of aliphatic hydroxyl groups excluding tert-OH is 2. The number of hydrogen-bond donors (Lipinski definition) is 4. The van der Waals surface area contributed by atoms with E-state index in [0.29, 0.717) is 0 Å². The van der Waals surface area contributed by atoms with E-state index in [1.165, 1.54) is 0 Å². The Balaban J connectivity index is 3.02. The largest absolute Gasteiger partial charge is 0.479 e. The Morgan fingerprint density at radius 2 is 2.08 bits per heavy atom. The lowest BCUT2D eigenvalue weighted by Gasteiger charge is -2.33. The average molecular weight is 192 g/mol. The first-order valence-electron chi connectivity index (χ1n) is 3.39. The predicted molar refractivity (Wildman–Crippen MR) is 35.6 cm³/mol. The Bertz CT molecular complexity index is 249. The first-order chi connectivity index (χ1) is 5.90. The van der Waals surface area contributed by atoms with Crippen LogP contribution in [0.3, 0.4) is 0 Å². The summed E-state index contributed by atoms with van der Waals surface area (Å²) in [6, 6.07) is 0. The lowest BCUT2D eigenvalue weighted by Crippen LogP contribution is -2.65. The van der Waals surface area contributed by atoms with E-state index in [1.54, 1.807) is 0 Å². The van der Waals surface area contributed by atoms with E-state index in [0.717, 1.165) is 0 Å². The number of carboxylic acid groups (broad SMARTS) is 1. The van der Waals surface area contributed by atoms with Crippen LogP contribution >= 0.6 is 0 Å². The van der Waals surface area contributed by atoms with Crippen LogP contribution in [0.2, 0.25) is 0 Å². The summed E-state index contributed by atoms with van der Waals surface area (Å²) in [5, 5.41) is 35.6. The minimum atomic E-state index is -3.07. The second kappa shape index (κ2) is 2.95. The molecule has 0 radical (unpaired) electrons. The topological polar surface area (TPSA) is 124 Å². The van der Waals surface area contributed by atoms with Gasteiger partial charge in [0.2, 0.25) is 0 Å². The van der Waals surface area contributed by atoms with Gasteiger partial charge in [-0.15, -0.1) is 0 Å². The summed E-state index contributed by atoms with van der Waals surface area (Å²) in [6.45, 7) is -0.532. The smallest absolute Gasteiger partial charge is 0.353 e. The second-order valence-corrected chi connectivity index (χ2v) is 2.68. The standard InChI is InChI=1S/C6H8O7/c7-2-1-13-5(11)6(12,3(2)8)4(9)10/h2-3,7-8,12H,1H2,(H,9,10)/t2-,3+,6+/m0/s1. The van der Waals surface area contributed by atoms with Crippen LogP contribution in [0.15, 0.2) is 0 Å². The Hall–Kier alpha value is -1.18. The van der Waals surface area contributed by atoms with Gasteiger partial charge in [0, 0.05) is 0 Å². The van der Waals surface area contributed by atoms with Crippen molar-refractivity contribution < 1.29 is 34.8 Å². The van der Waals surface area contributed by atoms with Gasteiger partial charge in [-0.1, -0.05) is 0 Å². The number of esters is 1. The number of ether oxygens (including phenoxy) is 1. The molecule has 0 spiro atoms. The fourth-order valence-electron chi connectivity index (χ4n) is 0.975. The molecule has 4 N–H and O–H groups in total. The maximum absolute atomic E-state index is 10.8. The van der Waals surface area contributed by atoms with Gasteiger partial charge in [-0.05, 0) is 0 Å². The van der Waals surface area contributed by atoms with E-state index in [9.17, 15) is 14.7 Å². The van der Waals surface area contributed by atoms with Crippen molar-refractivity contribution in [2.24, 2.45) is 0 Å². The molecule has 0 amide bonds. The van der Waals surface area contributed by atoms with E-state index < -0.39 is 36.4 Å². The minimum Gasteiger partial charge on any atom is -0.479 e. The third-order valence-corrected chi connectivity index (χ3v) is 1.81. The monoisotopic (exact) mass is 192 g/mol. The molecule has 1 saturated heterocycles. The van der Waals surface area contributed by atoms with Crippen LogP contribution in [0.1, 0.15) is 0 Å². The quantitative estimate of drug-likeness (QED) is 0.259. The minimum absolute atomic E-state index is 0.532. The van der Waals surface area contributed by atoms with Gasteiger partial charge >= 0.3 is 11.9 Å². The normalized spacial score (nSPS) is 39.8. The van der Waals surface area contributed by atoms with Crippen LogP contribution in [0.25, 0.3) is 0 Å². The van der Waals surface area contributed by atoms with E-state index in [4.69, 9.17) is 15.3 Å². The molecule has 0 aromatic carbocycles. The molecule has 0 saturated carbocycles. The maximum atomic E-state index is 10.8. The predicted octanol–water partition coefficient (Wildman–Crippen LogP) is -2.92. The zero-order chi connectivity index (χ0) is 10.2. The molecular weight excluding hydrogens is 184 g/mol. The van der Waals surface area contributed by atoms with Crippen molar-refractivity contribution in [3.05, 3.63) is 0 Å². The maximum Gasteiger partial charge on any atom is 0.353 e. The number of cyclic esters (lactones) is 1. The highest BCUT2D eigenvalue weighted by atomic mass is 16.6. The van der Waals surface area contributed by atoms with Crippen molar-refractivity contribution in [1.82, 2.24) is 0 Å². The Kier molecular flexibility index (Phi) is 2.24. The number of carboxylic acids is 1. The van der Waals surface area contributed by atoms with Gasteiger partial charge in [0.15, 0.2) is 0 Å². The van der Waals surface area contributed by atoms with E-state index in [1.807, 2.05) is 0 Å². The SMILES string of the molecule is O=C(O)[C@@]1(O)C(=O)OC[C@H](O)[C@H]1O. The zero-order valence-corrected chi connectivity index (χ0v) is 6.38. The Morgan fingerprint density at radius 3 is 2.46 bits per heavy atom. The molecule has 0 aromatic rings. The summed E-state index contributed by atoms with van der Waals surface area (Å²) in [7, 11) is 0. The van der Waals surface area contributed by atoms with Crippen molar-refractivity contribution in [2.75, 3.05) is 6.61 Å². The van der Waals surface area contributed by atoms with Crippen molar-refractivity contribution in [1.29, 1.82) is 0 Å². The summed E-state index contributed by atoms with van der Waals surface area (Å²) in [6.07, 6.45) is -3.68. The summed E-state index contributed by atoms with van der Waals surface area (Å²) in [5.41, 5.74) is -3.07. The van der Waals surface area contributed by atoms with Crippen LogP contribution in [0.4, 0.5) is 0 Å². The fraction of sp³-hybridized carbons (Fsp3) is 0.667. The molecule has 0 aliphatic carbocycles. The molecule has 74 valence electrons. The molecule has 13 heavy (non-hydrogen) atoms. The number of carbonyl (C=O) groups is 2. The first-order valence-corrected chi connectivity index (χ1v) is 3.39. The Labute approximate surface area is 72.2 Å². The number of hydrogen-bond acceptors (Lipinski definition) is 6. The van der Waals surface area contributed by atoms with E-state index in [-0.39, 0.29) is 0 Å². The van der Waals surface area contributed by atoms with Crippen LogP contribution < -0.4 is 0 Å². The molecular formula is C6H8O7. The molecule has 7 nitrogen and oxygen atoms in total. The summed E-state index contributed by atoms with van der Waals surface area (Å²) in [5.74, 6) is -3.43. The van der Waals surface area contributed by atoms with Crippen LogP contribution in [-0.4, -0.2) is 56.8 Å². The molecule has 1 rings (SSSR count). The molecule has 1 fully saturated rings. The number of aliphatic hydroxyl groups is 3. The molecule has 0 bridgehead atoms. The van der Waals surface area contributed by atoms with Crippen molar-refractivity contribution in [3.63, 3.8) is 0 Å². The number of aliphatic carboxylic acids is 1. The van der Waals surface area contributed by atoms with E-state index in [2.05, 4.69) is 4.74 Å². The third-order valence-electron chi connectivity index (χ3n) is 1.81. The second-order valence-electron chi connectivity index (χ2n) is 2.68. The lowest BCUT2D eigenvalue weighted by atomic mass is 9.91. The number of carbonyl (C=O) groups excluding carboxylic acids is 1. The lowest BCUT2D eigenvalue weighted by molar-refractivity contribution is -0.219. The van der Waals surface area contributed by atoms with E-state index >= 15 is 0 Å². The highest BCUT2D eigenvalue weighted by Crippen LogP contribution is 2.21. The van der Waals surface area contributed by atoms with Gasteiger partial charge in [0.25, 0.3) is 5.60 Å². The number of rotatable bonds is 1. The molecule has 0 aromatic heterocycles. The van der Waals surface area contributed by atoms with Crippen LogP contribution in [0.5, 0.6) is 0 Å². The van der Waals surface area contributed by atoms with Gasteiger partial charge in [-0.25, -0.2) is 9.59 Å². The van der Waals surface area contributed by atoms with Crippen LogP contribution in [-0.2, 0) is 14.3 Å². The average Bonchev–Trinajstić information content (AvgIpc) is 2.08. The highest BCUT2D eigenvalue weighted by Gasteiger charge is 2.58. The highest BCUT2D eigenvalue weighted by molar-refractivity contribution is 6.03. The third kappa shape index (κ3) is 1.26. The van der Waals surface area contributed by atoms with Gasteiger partial charge in [-0.3, -0.25) is 0 Å². The molecule has 3 atom stereocenters. The molecule has 7 heteroatoms. The van der Waals surface area contributed by atoms with Crippen molar-refractivity contribution in [3.8, 4) is 0 Å². The summed E-state index contributed by atoms with van der Waals surface area (Å²) in [4.78, 5) is 21.2. The van der Waals surface area contributed by atoms with Gasteiger partial charge in [0.1, 0.15) is 18.8 Å². The molecule has 1 aliphatic rings. The van der Waals surface area contributed by atoms with Crippen molar-refractivity contribution in [2.45, 2.75) is 17.8 Å². The van der Waals surface area contributed by atoms with Gasteiger partial charge in [-0.2, -0.15) is 0 Å². The van der Waals surface area contributed by atoms with Gasteiger partial charge in [0.05, 0.1) is 0 Å². The van der Waals surface area contributed by atoms with Gasteiger partial charge < -0.3 is 25.2 Å². The van der Waals surface area contributed by atoms with Crippen LogP contribution in [0, 0.1) is 0 Å². The molecule has 0 unspecified atom stereocenters. The summed E-state index contributed by atoms with van der Waals surface area (Å²) < 4.78 is 4.16. The first kappa shape index (κ1) is 9.90. The summed E-state index contributed by atoms with van der Waals surface area (Å²) >= 11 is 0. The molecule has 1 aliphatic heterocycles. The molecule has 1 heterocycles. The fourth-order valence-corrected chi connectivity index (χ4v) is 0.975. The van der Waals surface area contributed by atoms with Crippen molar-refractivity contribution >= 4 is 11.9 Å². The Morgan fingerprint density at radius 1 is 1.54 bits per heavy atom.